The zero-order valence-corrected chi connectivity index (χ0v) is 17.3. The zero-order valence-electron chi connectivity index (χ0n) is 16.5. The molecule has 1 aromatic heterocycles. The van der Waals surface area contributed by atoms with Gasteiger partial charge in [-0.05, 0) is 41.0 Å². The number of carbonyl (C=O) groups excluding carboxylic acids is 1. The third kappa shape index (κ3) is 3.60. The Labute approximate surface area is 180 Å². The molecule has 1 aliphatic carbocycles. The first-order valence-corrected chi connectivity index (χ1v) is 10.5. The Balaban J connectivity index is 1.58. The van der Waals surface area contributed by atoms with E-state index in [0.29, 0.717) is 22.7 Å². The van der Waals surface area contributed by atoms with Gasteiger partial charge in [-0.15, -0.1) is 0 Å². The van der Waals surface area contributed by atoms with E-state index >= 15 is 0 Å². The maximum Gasteiger partial charge on any atom is 0.249 e. The van der Waals surface area contributed by atoms with Crippen LogP contribution in [0.4, 0.5) is 0 Å². The van der Waals surface area contributed by atoms with Crippen LogP contribution in [-0.2, 0) is 17.7 Å². The van der Waals surface area contributed by atoms with Gasteiger partial charge in [0.2, 0.25) is 5.91 Å². The van der Waals surface area contributed by atoms with E-state index in [-0.39, 0.29) is 0 Å². The van der Waals surface area contributed by atoms with Crippen LogP contribution >= 0.6 is 11.6 Å². The van der Waals surface area contributed by atoms with Gasteiger partial charge in [0.25, 0.3) is 0 Å². The lowest BCUT2D eigenvalue weighted by atomic mass is 10.0. The zero-order chi connectivity index (χ0) is 20.7. The average Bonchev–Trinajstić information content (AvgIpc) is 3.11. The number of carbonyl (C=O) groups is 1. The van der Waals surface area contributed by atoms with Crippen LogP contribution < -0.4 is 5.73 Å². The van der Waals surface area contributed by atoms with E-state index in [1.807, 2.05) is 24.3 Å². The molecular weight excluding hydrogens is 398 g/mol. The fourth-order valence-electron chi connectivity index (χ4n) is 4.29. The van der Waals surface area contributed by atoms with Gasteiger partial charge in [-0.25, -0.2) is 4.98 Å². The molecule has 2 heterocycles. The predicted molar refractivity (Wildman–Crippen MR) is 118 cm³/mol. The van der Waals surface area contributed by atoms with Gasteiger partial charge in [-0.3, -0.25) is 9.69 Å². The van der Waals surface area contributed by atoms with E-state index in [4.69, 9.17) is 27.1 Å². The Morgan fingerprint density at radius 3 is 2.73 bits per heavy atom. The van der Waals surface area contributed by atoms with Gasteiger partial charge in [-0.1, -0.05) is 35.9 Å². The van der Waals surface area contributed by atoms with Crippen LogP contribution in [0.5, 0.6) is 0 Å². The molecule has 1 saturated heterocycles. The molecule has 5 rings (SSSR count). The Bertz CT molecular complexity index is 1140. The van der Waals surface area contributed by atoms with Crippen molar-refractivity contribution in [3.63, 3.8) is 0 Å². The highest BCUT2D eigenvalue weighted by atomic mass is 35.5. The summed E-state index contributed by atoms with van der Waals surface area (Å²) in [6.07, 6.45) is 0.670. The molecule has 0 unspecified atom stereocenters. The third-order valence-corrected chi connectivity index (χ3v) is 6.05. The van der Waals surface area contributed by atoms with Crippen molar-refractivity contribution < 1.29 is 9.53 Å². The number of nitrogens with zero attached hydrogens (tertiary/aromatic N) is 2. The number of rotatable bonds is 4. The number of morpholine rings is 1. The Hall–Kier alpha value is -2.73. The van der Waals surface area contributed by atoms with Crippen molar-refractivity contribution in [2.45, 2.75) is 13.0 Å². The molecule has 2 aliphatic rings. The summed E-state index contributed by atoms with van der Waals surface area (Å²) in [6.45, 7) is 4.32. The smallest absolute Gasteiger partial charge is 0.249 e. The topological polar surface area (TPSA) is 68.5 Å². The van der Waals surface area contributed by atoms with E-state index in [0.717, 1.165) is 55.2 Å². The number of nitrogens with two attached hydrogens (primary N) is 1. The number of halogens is 1. The summed E-state index contributed by atoms with van der Waals surface area (Å²) in [4.78, 5) is 19.6. The lowest BCUT2D eigenvalue weighted by Crippen LogP contribution is -2.35. The number of benzene rings is 2. The minimum atomic E-state index is -0.432. The van der Waals surface area contributed by atoms with Crippen LogP contribution in [0.25, 0.3) is 22.5 Å². The normalized spacial score (nSPS) is 15.6. The molecule has 5 nitrogen and oxygen atoms in total. The molecule has 0 bridgehead atoms. The molecule has 1 amide bonds. The second-order valence-corrected chi connectivity index (χ2v) is 8.25. The first-order valence-electron chi connectivity index (χ1n) is 10.1. The Morgan fingerprint density at radius 1 is 1.13 bits per heavy atom. The predicted octanol–water partition coefficient (Wildman–Crippen LogP) is 3.90. The average molecular weight is 420 g/mol. The van der Waals surface area contributed by atoms with E-state index in [9.17, 15) is 4.79 Å². The van der Waals surface area contributed by atoms with Crippen molar-refractivity contribution in [3.8, 4) is 22.5 Å². The second-order valence-electron chi connectivity index (χ2n) is 7.81. The van der Waals surface area contributed by atoms with E-state index < -0.39 is 5.91 Å². The molecule has 0 spiro atoms. The third-order valence-electron chi connectivity index (χ3n) is 5.82. The molecule has 0 atom stereocenters. The van der Waals surface area contributed by atoms with Crippen LogP contribution in [-0.4, -0.2) is 42.1 Å². The van der Waals surface area contributed by atoms with E-state index in [2.05, 4.69) is 23.1 Å². The summed E-state index contributed by atoms with van der Waals surface area (Å²) in [6, 6.07) is 15.8. The molecule has 152 valence electrons. The number of pyridine rings is 1. The first kappa shape index (κ1) is 19.2. The summed E-state index contributed by atoms with van der Waals surface area (Å²) in [5.41, 5.74) is 13.1. The fraction of sp³-hybridized carbons (Fsp3) is 0.250. The van der Waals surface area contributed by atoms with Crippen molar-refractivity contribution >= 4 is 17.5 Å². The first-order chi connectivity index (χ1) is 14.6. The van der Waals surface area contributed by atoms with Crippen molar-refractivity contribution in [2.75, 3.05) is 26.3 Å². The van der Waals surface area contributed by atoms with Gasteiger partial charge in [0, 0.05) is 47.8 Å². The molecule has 1 aliphatic heterocycles. The van der Waals surface area contributed by atoms with Gasteiger partial charge in [0.1, 0.15) is 0 Å². The van der Waals surface area contributed by atoms with Crippen LogP contribution in [0, 0.1) is 0 Å². The molecular formula is C24H22ClN3O2. The highest BCUT2D eigenvalue weighted by Gasteiger charge is 2.26. The minimum absolute atomic E-state index is 0.432. The van der Waals surface area contributed by atoms with Gasteiger partial charge in [-0.2, -0.15) is 0 Å². The molecule has 3 aromatic rings. The van der Waals surface area contributed by atoms with E-state index in [1.54, 1.807) is 6.07 Å². The molecule has 6 heteroatoms. The van der Waals surface area contributed by atoms with Gasteiger partial charge in [0.05, 0.1) is 24.6 Å². The highest BCUT2D eigenvalue weighted by Crippen LogP contribution is 2.39. The summed E-state index contributed by atoms with van der Waals surface area (Å²) >= 11 is 6.18. The number of ether oxygens (including phenoxy) is 1. The molecule has 0 radical (unpaired) electrons. The second kappa shape index (κ2) is 7.84. The maximum absolute atomic E-state index is 12.2. The summed E-state index contributed by atoms with van der Waals surface area (Å²) < 4.78 is 5.45. The Kier molecular flexibility index (Phi) is 5.03. The molecule has 1 fully saturated rings. The minimum Gasteiger partial charge on any atom is -0.379 e. The van der Waals surface area contributed by atoms with Crippen LogP contribution in [0.1, 0.15) is 27.0 Å². The molecule has 30 heavy (non-hydrogen) atoms. The molecule has 2 N–H and O–H groups in total. The molecule has 0 saturated carbocycles. The van der Waals surface area contributed by atoms with E-state index in [1.165, 1.54) is 11.1 Å². The number of amides is 1. The number of aromatic nitrogens is 1. The maximum atomic E-state index is 12.2. The lowest BCUT2D eigenvalue weighted by molar-refractivity contribution is 0.0342. The van der Waals surface area contributed by atoms with Crippen molar-refractivity contribution in [1.82, 2.24) is 9.88 Å². The van der Waals surface area contributed by atoms with Gasteiger partial charge in [0.15, 0.2) is 0 Å². The largest absolute Gasteiger partial charge is 0.379 e. The number of primary amides is 1. The lowest BCUT2D eigenvalue weighted by Gasteiger charge is -2.26. The fourth-order valence-corrected chi connectivity index (χ4v) is 4.48. The van der Waals surface area contributed by atoms with Crippen molar-refractivity contribution in [1.29, 1.82) is 0 Å². The van der Waals surface area contributed by atoms with Crippen LogP contribution in [0.3, 0.4) is 0 Å². The van der Waals surface area contributed by atoms with Crippen LogP contribution in [0.2, 0.25) is 5.02 Å². The highest BCUT2D eigenvalue weighted by molar-refractivity contribution is 6.30. The van der Waals surface area contributed by atoms with Crippen molar-refractivity contribution in [3.05, 3.63) is 75.8 Å². The number of hydrogen-bond donors (Lipinski definition) is 1. The molecule has 2 aromatic carbocycles. The number of hydrogen-bond acceptors (Lipinski definition) is 4. The van der Waals surface area contributed by atoms with Gasteiger partial charge >= 0.3 is 0 Å². The summed E-state index contributed by atoms with van der Waals surface area (Å²) in [5, 5.41) is 0.628. The monoisotopic (exact) mass is 419 g/mol. The Morgan fingerprint density at radius 2 is 1.97 bits per heavy atom. The number of fused-ring (bicyclic) bond motifs is 3. The standard InChI is InChI=1S/C24H22ClN3O2/c25-18-3-1-2-17(11-18)22-13-21(24(26)29)20-12-16-5-4-15(10-19(16)23(20)27-22)14-28-6-8-30-9-7-28/h1-5,10-11,13H,6-9,12,14H2,(H2,26,29). The van der Waals surface area contributed by atoms with Gasteiger partial charge < -0.3 is 10.5 Å². The van der Waals surface area contributed by atoms with Crippen LogP contribution in [0.15, 0.2) is 48.5 Å². The quantitative estimate of drug-likeness (QED) is 0.544. The van der Waals surface area contributed by atoms with Crippen molar-refractivity contribution in [2.24, 2.45) is 5.73 Å². The SMILES string of the molecule is NC(=O)c1cc(-c2cccc(Cl)c2)nc2c1Cc1ccc(CN3CCOCC3)cc1-2. The summed E-state index contributed by atoms with van der Waals surface area (Å²) in [7, 11) is 0. The summed E-state index contributed by atoms with van der Waals surface area (Å²) in [5.74, 6) is -0.432.